The van der Waals surface area contributed by atoms with Crippen molar-refractivity contribution in [2.75, 3.05) is 19.8 Å². The van der Waals surface area contributed by atoms with E-state index >= 15 is 0 Å². The number of aromatic nitrogens is 2. The molecule has 1 aromatic carbocycles. The van der Waals surface area contributed by atoms with Crippen LogP contribution in [0.3, 0.4) is 0 Å². The van der Waals surface area contributed by atoms with Gasteiger partial charge in [0.25, 0.3) is 5.91 Å². The minimum atomic E-state index is -0.484. The monoisotopic (exact) mass is 386 g/mol. The number of aryl methyl sites for hydroxylation is 1. The van der Waals surface area contributed by atoms with E-state index in [-0.39, 0.29) is 36.9 Å². The molecule has 2 fully saturated rings. The molecule has 0 spiro atoms. The number of amides is 3. The third-order valence-electron chi connectivity index (χ3n) is 5.10. The van der Waals surface area contributed by atoms with Crippen molar-refractivity contribution in [1.82, 2.24) is 20.4 Å². The fourth-order valence-electron chi connectivity index (χ4n) is 3.52. The van der Waals surface area contributed by atoms with Crippen molar-refractivity contribution in [3.63, 3.8) is 0 Å². The maximum atomic E-state index is 12.2. The van der Waals surface area contributed by atoms with E-state index in [1.807, 2.05) is 6.07 Å². The van der Waals surface area contributed by atoms with Crippen LogP contribution in [0, 0.1) is 0 Å². The number of benzene rings is 1. The van der Waals surface area contributed by atoms with Crippen LogP contribution < -0.4 is 15.4 Å². The highest BCUT2D eigenvalue weighted by Gasteiger charge is 2.32. The van der Waals surface area contributed by atoms with Gasteiger partial charge < -0.3 is 14.8 Å². The lowest BCUT2D eigenvalue weighted by molar-refractivity contribution is -0.134. The Morgan fingerprint density at radius 3 is 2.93 bits per heavy atom. The third kappa shape index (κ3) is 3.57. The molecule has 2 unspecified atom stereocenters. The van der Waals surface area contributed by atoms with Gasteiger partial charge in [-0.3, -0.25) is 24.4 Å². The van der Waals surface area contributed by atoms with Crippen LogP contribution in [0.1, 0.15) is 30.9 Å². The Morgan fingerprint density at radius 1 is 1.39 bits per heavy atom. The molecule has 2 N–H and O–H groups in total. The molecule has 3 amide bonds. The topological polar surface area (TPSA) is 112 Å². The Bertz CT molecular complexity index is 934. The number of rotatable bonds is 6. The zero-order valence-corrected chi connectivity index (χ0v) is 15.6. The molecule has 2 aliphatic rings. The maximum absolute atomic E-state index is 12.2. The Kier molecular flexibility index (Phi) is 4.99. The van der Waals surface area contributed by atoms with Gasteiger partial charge >= 0.3 is 0 Å². The second-order valence-corrected chi connectivity index (χ2v) is 7.04. The van der Waals surface area contributed by atoms with Gasteiger partial charge in [0.15, 0.2) is 6.61 Å². The van der Waals surface area contributed by atoms with Crippen molar-refractivity contribution in [2.24, 2.45) is 7.05 Å². The minimum Gasteiger partial charge on any atom is -0.482 e. The Morgan fingerprint density at radius 2 is 2.21 bits per heavy atom. The summed E-state index contributed by atoms with van der Waals surface area (Å²) in [6.45, 7) is 1.11. The lowest BCUT2D eigenvalue weighted by Gasteiger charge is -2.26. The number of fused-ring (bicyclic) bond motifs is 1. The number of nitrogens with zero attached hydrogens (tertiary/aromatic N) is 2. The lowest BCUT2D eigenvalue weighted by atomic mass is 9.93. The summed E-state index contributed by atoms with van der Waals surface area (Å²) in [7, 11) is 1.76. The van der Waals surface area contributed by atoms with Crippen LogP contribution in [0.2, 0.25) is 0 Å². The molecule has 3 heterocycles. The van der Waals surface area contributed by atoms with Crippen molar-refractivity contribution in [1.29, 1.82) is 0 Å². The molecule has 0 saturated carbocycles. The molecule has 148 valence electrons. The van der Waals surface area contributed by atoms with Crippen molar-refractivity contribution in [3.8, 4) is 5.75 Å². The molecule has 2 saturated heterocycles. The zero-order chi connectivity index (χ0) is 19.7. The highest BCUT2D eigenvalue weighted by molar-refractivity contribution is 6.03. The van der Waals surface area contributed by atoms with Crippen molar-refractivity contribution in [3.05, 3.63) is 23.9 Å². The first kappa shape index (κ1) is 18.4. The summed E-state index contributed by atoms with van der Waals surface area (Å²) in [5, 5.41) is 10.4. The quantitative estimate of drug-likeness (QED) is 0.694. The predicted molar refractivity (Wildman–Crippen MR) is 98.7 cm³/mol. The molecular weight excluding hydrogens is 364 g/mol. The van der Waals surface area contributed by atoms with E-state index in [9.17, 15) is 14.4 Å². The van der Waals surface area contributed by atoms with Gasteiger partial charge in [-0.2, -0.15) is 5.10 Å². The molecule has 0 aliphatic carbocycles. The average Bonchev–Trinajstić information content (AvgIpc) is 2.96. The SMILES string of the molecule is Cn1nc(C2CCC(=O)NC2=O)c2cccc(OCC(=O)NCC3CCO3)c21. The van der Waals surface area contributed by atoms with E-state index < -0.39 is 5.92 Å². The van der Waals surface area contributed by atoms with E-state index in [0.29, 0.717) is 29.9 Å². The fraction of sp³-hybridized carbons (Fsp3) is 0.474. The lowest BCUT2D eigenvalue weighted by Crippen LogP contribution is -2.41. The summed E-state index contributed by atoms with van der Waals surface area (Å²) in [5.74, 6) is -0.785. The van der Waals surface area contributed by atoms with Gasteiger partial charge in [-0.25, -0.2) is 0 Å². The summed E-state index contributed by atoms with van der Waals surface area (Å²) in [5.41, 5.74) is 1.32. The fourth-order valence-corrected chi connectivity index (χ4v) is 3.52. The second kappa shape index (κ2) is 7.59. The number of carbonyl (C=O) groups excluding carboxylic acids is 3. The Balaban J connectivity index is 1.50. The molecule has 2 aliphatic heterocycles. The Labute approximate surface area is 161 Å². The van der Waals surface area contributed by atoms with E-state index in [2.05, 4.69) is 15.7 Å². The number of ether oxygens (including phenoxy) is 2. The van der Waals surface area contributed by atoms with E-state index in [1.165, 1.54) is 0 Å². The van der Waals surface area contributed by atoms with E-state index in [1.54, 1.807) is 23.9 Å². The predicted octanol–water partition coefficient (Wildman–Crippen LogP) is 0.377. The number of para-hydroxylation sites is 1. The first-order valence-corrected chi connectivity index (χ1v) is 9.33. The van der Waals surface area contributed by atoms with Crippen LogP contribution in [0.25, 0.3) is 10.9 Å². The van der Waals surface area contributed by atoms with Crippen LogP contribution in [-0.2, 0) is 26.2 Å². The Hall–Kier alpha value is -2.94. The standard InChI is InChI=1S/C19H22N4O5/c1-23-18-12(17(22-23)13-5-6-15(24)21-19(13)26)3-2-4-14(18)28-10-16(25)20-9-11-7-8-27-11/h2-4,11,13H,5-10H2,1H3,(H,20,25)(H,21,24,26). The highest BCUT2D eigenvalue weighted by atomic mass is 16.5. The molecule has 2 atom stereocenters. The van der Waals surface area contributed by atoms with Crippen LogP contribution in [0.15, 0.2) is 18.2 Å². The molecule has 1 aromatic heterocycles. The smallest absolute Gasteiger partial charge is 0.258 e. The number of piperidine rings is 1. The minimum absolute atomic E-state index is 0.0977. The molecule has 28 heavy (non-hydrogen) atoms. The first-order valence-electron chi connectivity index (χ1n) is 9.33. The average molecular weight is 386 g/mol. The van der Waals surface area contributed by atoms with Crippen LogP contribution in [-0.4, -0.2) is 53.4 Å². The normalized spacial score (nSPS) is 21.9. The van der Waals surface area contributed by atoms with Gasteiger partial charge in [-0.1, -0.05) is 12.1 Å². The molecular formula is C19H22N4O5. The number of hydrogen-bond donors (Lipinski definition) is 2. The molecule has 0 bridgehead atoms. The number of carbonyl (C=O) groups is 3. The van der Waals surface area contributed by atoms with Crippen molar-refractivity contribution < 1.29 is 23.9 Å². The maximum Gasteiger partial charge on any atom is 0.258 e. The molecule has 2 aromatic rings. The summed E-state index contributed by atoms with van der Waals surface area (Å²) in [4.78, 5) is 35.7. The zero-order valence-electron chi connectivity index (χ0n) is 15.6. The van der Waals surface area contributed by atoms with Crippen molar-refractivity contribution in [2.45, 2.75) is 31.3 Å². The summed E-state index contributed by atoms with van der Waals surface area (Å²) in [6.07, 6.45) is 1.77. The second-order valence-electron chi connectivity index (χ2n) is 7.04. The van der Waals surface area contributed by atoms with Gasteiger partial charge in [0.05, 0.1) is 17.7 Å². The first-order chi connectivity index (χ1) is 13.5. The third-order valence-corrected chi connectivity index (χ3v) is 5.10. The number of hydrogen-bond acceptors (Lipinski definition) is 6. The van der Waals surface area contributed by atoms with E-state index in [0.717, 1.165) is 18.4 Å². The summed E-state index contributed by atoms with van der Waals surface area (Å²) in [6, 6.07) is 5.43. The van der Waals surface area contributed by atoms with Crippen LogP contribution in [0.4, 0.5) is 0 Å². The summed E-state index contributed by atoms with van der Waals surface area (Å²) >= 11 is 0. The molecule has 9 heteroatoms. The molecule has 4 rings (SSSR count). The van der Waals surface area contributed by atoms with Crippen molar-refractivity contribution >= 4 is 28.6 Å². The summed E-state index contributed by atoms with van der Waals surface area (Å²) < 4.78 is 12.6. The highest BCUT2D eigenvalue weighted by Crippen LogP contribution is 2.34. The van der Waals surface area contributed by atoms with Gasteiger partial charge in [-0.15, -0.1) is 0 Å². The van der Waals surface area contributed by atoms with Crippen LogP contribution in [0.5, 0.6) is 5.75 Å². The van der Waals surface area contributed by atoms with Gasteiger partial charge in [0, 0.05) is 32.0 Å². The van der Waals surface area contributed by atoms with Gasteiger partial charge in [0.1, 0.15) is 11.3 Å². The number of imide groups is 1. The largest absolute Gasteiger partial charge is 0.482 e. The van der Waals surface area contributed by atoms with Crippen LogP contribution >= 0.6 is 0 Å². The molecule has 0 radical (unpaired) electrons. The number of nitrogens with one attached hydrogen (secondary N) is 2. The molecule has 9 nitrogen and oxygen atoms in total. The van der Waals surface area contributed by atoms with Gasteiger partial charge in [0.2, 0.25) is 11.8 Å². The van der Waals surface area contributed by atoms with Gasteiger partial charge in [-0.05, 0) is 18.9 Å². The van der Waals surface area contributed by atoms with E-state index in [4.69, 9.17) is 9.47 Å².